The van der Waals surface area contributed by atoms with Gasteiger partial charge in [0.15, 0.2) is 6.54 Å². The van der Waals surface area contributed by atoms with E-state index in [1.165, 1.54) is 22.6 Å². The Kier molecular flexibility index (Phi) is 6.37. The predicted molar refractivity (Wildman–Crippen MR) is 121 cm³/mol. The van der Waals surface area contributed by atoms with E-state index in [9.17, 15) is 9.59 Å². The molecule has 0 saturated carbocycles. The Morgan fingerprint density at radius 1 is 1.17 bits per heavy atom. The number of benzene rings is 1. The third-order valence-corrected chi connectivity index (χ3v) is 7.51. The van der Waals surface area contributed by atoms with Crippen molar-refractivity contribution in [2.24, 2.45) is 5.92 Å². The highest BCUT2D eigenvalue weighted by Gasteiger charge is 2.29. The average Bonchev–Trinajstić information content (AvgIpc) is 3.24. The van der Waals surface area contributed by atoms with E-state index in [-0.39, 0.29) is 11.8 Å². The molecule has 0 bridgehead atoms. The van der Waals surface area contributed by atoms with Crippen LogP contribution >= 0.6 is 27.3 Å². The Morgan fingerprint density at radius 3 is 2.72 bits per heavy atom. The summed E-state index contributed by atoms with van der Waals surface area (Å²) in [6.07, 6.45) is 5.40. The summed E-state index contributed by atoms with van der Waals surface area (Å²) in [5.74, 6) is 0.539. The third-order valence-electron chi connectivity index (χ3n) is 5.78. The zero-order valence-corrected chi connectivity index (χ0v) is 19.0. The molecule has 1 aromatic heterocycles. The molecule has 7 heteroatoms. The summed E-state index contributed by atoms with van der Waals surface area (Å²) in [5, 5.41) is 6.77. The quantitative estimate of drug-likeness (QED) is 0.618. The summed E-state index contributed by atoms with van der Waals surface area (Å²) in [4.78, 5) is 28.4. The van der Waals surface area contributed by atoms with Crippen molar-refractivity contribution in [2.45, 2.75) is 39.0 Å². The van der Waals surface area contributed by atoms with Crippen LogP contribution in [0, 0.1) is 5.92 Å². The van der Waals surface area contributed by atoms with E-state index in [2.05, 4.69) is 33.5 Å². The number of quaternary nitrogens is 1. The van der Waals surface area contributed by atoms with Gasteiger partial charge in [0.2, 0.25) is 0 Å². The molecule has 1 aromatic carbocycles. The number of rotatable bonds is 5. The number of hydrogen-bond donors (Lipinski definition) is 3. The molecule has 29 heavy (non-hydrogen) atoms. The van der Waals surface area contributed by atoms with Crippen LogP contribution in [0.3, 0.4) is 0 Å². The highest BCUT2D eigenvalue weighted by Crippen LogP contribution is 2.39. The van der Waals surface area contributed by atoms with Crippen molar-refractivity contribution < 1.29 is 14.5 Å². The predicted octanol–water partition coefficient (Wildman–Crippen LogP) is 3.50. The van der Waals surface area contributed by atoms with Gasteiger partial charge >= 0.3 is 0 Å². The van der Waals surface area contributed by atoms with E-state index >= 15 is 0 Å². The monoisotopic (exact) mass is 476 g/mol. The maximum Gasteiger partial charge on any atom is 0.280 e. The molecule has 1 fully saturated rings. The lowest BCUT2D eigenvalue weighted by atomic mass is 10.0. The summed E-state index contributed by atoms with van der Waals surface area (Å²) in [6.45, 7) is 4.83. The second-order valence-electron chi connectivity index (χ2n) is 8.20. The molecular weight excluding hydrogens is 450 g/mol. The molecule has 154 valence electrons. The minimum Gasteiger partial charge on any atom is -0.327 e. The lowest BCUT2D eigenvalue weighted by molar-refractivity contribution is -0.900. The van der Waals surface area contributed by atoms with Gasteiger partial charge in [-0.25, -0.2) is 0 Å². The number of fused-ring (bicyclic) bond motifs is 1. The molecule has 5 nitrogen and oxygen atoms in total. The fraction of sp³-hybridized carbons (Fsp3) is 0.455. The van der Waals surface area contributed by atoms with Crippen molar-refractivity contribution in [3.8, 4) is 0 Å². The molecule has 1 unspecified atom stereocenters. The molecule has 4 rings (SSSR count). The summed E-state index contributed by atoms with van der Waals surface area (Å²) < 4.78 is 0.967. The topological polar surface area (TPSA) is 62.6 Å². The molecule has 3 N–H and O–H groups in total. The maximum absolute atomic E-state index is 13.1. The van der Waals surface area contributed by atoms with Crippen LogP contribution in [0.25, 0.3) is 0 Å². The molecule has 0 radical (unpaired) electrons. The zero-order valence-electron chi connectivity index (χ0n) is 16.6. The van der Waals surface area contributed by atoms with Crippen LogP contribution in [-0.4, -0.2) is 31.4 Å². The summed E-state index contributed by atoms with van der Waals surface area (Å²) in [5.41, 5.74) is 2.51. The second-order valence-corrected chi connectivity index (χ2v) is 10.2. The van der Waals surface area contributed by atoms with E-state index in [0.717, 1.165) is 48.1 Å². The Labute approximate surface area is 184 Å². The van der Waals surface area contributed by atoms with Crippen LogP contribution in [0.15, 0.2) is 28.7 Å². The number of aryl methyl sites for hydroxylation is 1. The van der Waals surface area contributed by atoms with Crippen LogP contribution < -0.4 is 15.5 Å². The van der Waals surface area contributed by atoms with Gasteiger partial charge in [-0.05, 0) is 61.9 Å². The smallest absolute Gasteiger partial charge is 0.280 e. The molecule has 2 atom stereocenters. The van der Waals surface area contributed by atoms with Gasteiger partial charge in [-0.2, -0.15) is 0 Å². The summed E-state index contributed by atoms with van der Waals surface area (Å²) in [7, 11) is 0. The van der Waals surface area contributed by atoms with Crippen LogP contribution in [0.2, 0.25) is 0 Å². The standard InChI is InChI=1S/C22H26BrN3O2S/c1-14-4-3-11-26(12-14)13-19(27)25-22-20(17-5-2-6-18(17)29-22)21(28)24-16-9-7-15(23)8-10-16/h7-10,14H,2-6,11-13H2,1H3,(H,24,28)(H,25,27)/p+1/t14-/m0/s1. The van der Waals surface area contributed by atoms with Crippen LogP contribution in [0.1, 0.15) is 47.0 Å². The van der Waals surface area contributed by atoms with E-state index < -0.39 is 0 Å². The van der Waals surface area contributed by atoms with E-state index in [4.69, 9.17) is 0 Å². The van der Waals surface area contributed by atoms with Crippen molar-refractivity contribution in [1.82, 2.24) is 0 Å². The number of carbonyl (C=O) groups is 2. The van der Waals surface area contributed by atoms with Gasteiger partial charge in [0.1, 0.15) is 5.00 Å². The number of carbonyl (C=O) groups excluding carboxylic acids is 2. The normalized spacial score (nSPS) is 20.9. The Bertz CT molecular complexity index is 910. The number of thiophene rings is 1. The zero-order chi connectivity index (χ0) is 20.4. The van der Waals surface area contributed by atoms with Crippen LogP contribution in [0.5, 0.6) is 0 Å². The van der Waals surface area contributed by atoms with Gasteiger partial charge in [0, 0.05) is 21.0 Å². The van der Waals surface area contributed by atoms with Crippen molar-refractivity contribution in [1.29, 1.82) is 0 Å². The molecule has 2 heterocycles. The fourth-order valence-electron chi connectivity index (χ4n) is 4.42. The van der Waals surface area contributed by atoms with Gasteiger partial charge < -0.3 is 15.5 Å². The minimum atomic E-state index is -0.138. The van der Waals surface area contributed by atoms with Crippen LogP contribution in [0.4, 0.5) is 10.7 Å². The first-order valence-electron chi connectivity index (χ1n) is 10.3. The number of hydrogen-bond acceptors (Lipinski definition) is 3. The van der Waals surface area contributed by atoms with Crippen molar-refractivity contribution in [3.05, 3.63) is 44.7 Å². The molecular formula is C22H27BrN3O2S+. The number of nitrogens with one attached hydrogen (secondary N) is 3. The average molecular weight is 477 g/mol. The number of halogens is 1. The lowest BCUT2D eigenvalue weighted by Gasteiger charge is -2.27. The van der Waals surface area contributed by atoms with Gasteiger partial charge in [0.25, 0.3) is 11.8 Å². The first-order chi connectivity index (χ1) is 14.0. The first kappa shape index (κ1) is 20.6. The highest BCUT2D eigenvalue weighted by molar-refractivity contribution is 9.10. The molecule has 1 aliphatic heterocycles. The molecule has 2 aliphatic rings. The Balaban J connectivity index is 1.49. The first-order valence-corrected chi connectivity index (χ1v) is 12.0. The van der Waals surface area contributed by atoms with Crippen LogP contribution in [-0.2, 0) is 17.6 Å². The van der Waals surface area contributed by atoms with E-state index in [0.29, 0.717) is 23.0 Å². The second kappa shape index (κ2) is 8.98. The van der Waals surface area contributed by atoms with Gasteiger partial charge in [-0.1, -0.05) is 22.9 Å². The third kappa shape index (κ3) is 4.90. The molecule has 2 amide bonds. The molecule has 1 aliphatic carbocycles. The minimum absolute atomic E-state index is 0.00622. The van der Waals surface area contributed by atoms with Crippen molar-refractivity contribution >= 4 is 49.8 Å². The number of piperidine rings is 1. The SMILES string of the molecule is C[C@H]1CCC[NH+](CC(=O)Nc2sc3c(c2C(=O)Nc2ccc(Br)cc2)CCC3)C1. The fourth-order valence-corrected chi connectivity index (χ4v) is 5.98. The Morgan fingerprint density at radius 2 is 1.97 bits per heavy atom. The maximum atomic E-state index is 13.1. The molecule has 1 saturated heterocycles. The Hall–Kier alpha value is -1.70. The largest absolute Gasteiger partial charge is 0.327 e. The van der Waals surface area contributed by atoms with E-state index in [1.807, 2.05) is 24.3 Å². The lowest BCUT2D eigenvalue weighted by Crippen LogP contribution is -3.14. The van der Waals surface area contributed by atoms with Crippen molar-refractivity contribution in [2.75, 3.05) is 30.3 Å². The number of likely N-dealkylation sites (tertiary alicyclic amines) is 1. The van der Waals surface area contributed by atoms with Crippen molar-refractivity contribution in [3.63, 3.8) is 0 Å². The van der Waals surface area contributed by atoms with Gasteiger partial charge in [0.05, 0.1) is 18.7 Å². The highest BCUT2D eigenvalue weighted by atomic mass is 79.9. The number of anilines is 2. The summed E-state index contributed by atoms with van der Waals surface area (Å²) >= 11 is 4.98. The molecule has 2 aromatic rings. The summed E-state index contributed by atoms with van der Waals surface area (Å²) in [6, 6.07) is 7.54. The van der Waals surface area contributed by atoms with Gasteiger partial charge in [-0.15, -0.1) is 11.3 Å². The van der Waals surface area contributed by atoms with E-state index in [1.54, 1.807) is 11.3 Å². The van der Waals surface area contributed by atoms with Gasteiger partial charge in [-0.3, -0.25) is 9.59 Å². The molecule has 0 spiro atoms. The number of amides is 2.